The van der Waals surface area contributed by atoms with Gasteiger partial charge in [0.2, 0.25) is 11.8 Å². The smallest absolute Gasteiger partial charge is 0.249 e. The Morgan fingerprint density at radius 1 is 1.07 bits per heavy atom. The number of carbonyl (C=O) groups is 2. The number of benzene rings is 1. The van der Waals surface area contributed by atoms with Gasteiger partial charge in [-0.05, 0) is 24.6 Å². The summed E-state index contributed by atoms with van der Waals surface area (Å²) in [6.45, 7) is 7.01. The molecule has 0 saturated carbocycles. The van der Waals surface area contributed by atoms with Gasteiger partial charge in [-0.25, -0.2) is 0 Å². The van der Waals surface area contributed by atoms with Crippen LogP contribution >= 0.6 is 11.3 Å². The van der Waals surface area contributed by atoms with E-state index in [0.717, 1.165) is 10.4 Å². The number of hydrogen-bond donors (Lipinski definition) is 0. The average Bonchev–Trinajstić information content (AvgIpc) is 3.06. The van der Waals surface area contributed by atoms with Crippen molar-refractivity contribution in [1.29, 1.82) is 0 Å². The van der Waals surface area contributed by atoms with Crippen molar-refractivity contribution < 1.29 is 14.3 Å². The second-order valence-electron chi connectivity index (χ2n) is 6.24. The second-order valence-corrected chi connectivity index (χ2v) is 7.62. The quantitative estimate of drug-likeness (QED) is 0.589. The normalized spacial score (nSPS) is 10.4. The summed E-state index contributed by atoms with van der Waals surface area (Å²) in [5, 5.41) is 0. The van der Waals surface area contributed by atoms with Gasteiger partial charge in [-0.3, -0.25) is 9.59 Å². The predicted molar refractivity (Wildman–Crippen MR) is 108 cm³/mol. The van der Waals surface area contributed by atoms with E-state index < -0.39 is 0 Å². The van der Waals surface area contributed by atoms with Crippen LogP contribution < -0.4 is 0 Å². The molecule has 2 amide bonds. The van der Waals surface area contributed by atoms with Crippen LogP contribution in [0.25, 0.3) is 0 Å². The highest BCUT2D eigenvalue weighted by molar-refractivity contribution is 7.11. The van der Waals surface area contributed by atoms with Crippen molar-refractivity contribution in [3.63, 3.8) is 0 Å². The van der Waals surface area contributed by atoms with Crippen molar-refractivity contribution in [1.82, 2.24) is 9.80 Å². The lowest BCUT2D eigenvalue weighted by atomic mass is 10.2. The van der Waals surface area contributed by atoms with Crippen molar-refractivity contribution in [2.75, 3.05) is 26.8 Å². The van der Waals surface area contributed by atoms with E-state index in [1.807, 2.05) is 43.3 Å². The number of thiophene rings is 1. The lowest BCUT2D eigenvalue weighted by molar-refractivity contribution is -0.142. The number of methoxy groups -OCH3 is 1. The summed E-state index contributed by atoms with van der Waals surface area (Å²) >= 11 is 1.68. The molecule has 0 unspecified atom stereocenters. The van der Waals surface area contributed by atoms with Crippen LogP contribution in [0.5, 0.6) is 0 Å². The standard InChI is InChI=1S/C21H26N2O3S/c1-4-12-22(21(25)16-26-3)15-20(24)23(13-18-8-6-5-7-9-18)14-19-11-10-17(2)27-19/h4-11H,1,12-16H2,2-3H3. The number of carbonyl (C=O) groups excluding carboxylic acids is 2. The Kier molecular flexibility index (Phi) is 8.23. The highest BCUT2D eigenvalue weighted by Crippen LogP contribution is 2.19. The minimum atomic E-state index is -0.225. The van der Waals surface area contributed by atoms with E-state index in [4.69, 9.17) is 4.74 Å². The molecule has 5 nitrogen and oxygen atoms in total. The number of amides is 2. The van der Waals surface area contributed by atoms with Gasteiger partial charge < -0.3 is 14.5 Å². The zero-order valence-electron chi connectivity index (χ0n) is 15.9. The van der Waals surface area contributed by atoms with Crippen molar-refractivity contribution in [2.24, 2.45) is 0 Å². The van der Waals surface area contributed by atoms with E-state index in [2.05, 4.69) is 12.6 Å². The largest absolute Gasteiger partial charge is 0.375 e. The number of hydrogen-bond acceptors (Lipinski definition) is 4. The lowest BCUT2D eigenvalue weighted by Crippen LogP contribution is -2.43. The summed E-state index contributed by atoms with van der Waals surface area (Å²) in [6, 6.07) is 14.0. The molecule has 144 valence electrons. The Morgan fingerprint density at radius 2 is 1.81 bits per heavy atom. The number of rotatable bonds is 10. The molecule has 0 fully saturated rings. The van der Waals surface area contributed by atoms with Crippen LogP contribution in [0.1, 0.15) is 15.3 Å². The SMILES string of the molecule is C=CCN(CC(=O)N(Cc1ccccc1)Cc1ccc(C)s1)C(=O)COC. The van der Waals surface area contributed by atoms with E-state index in [9.17, 15) is 9.59 Å². The van der Waals surface area contributed by atoms with Crippen molar-refractivity contribution in [3.8, 4) is 0 Å². The van der Waals surface area contributed by atoms with Crippen LogP contribution in [0.3, 0.4) is 0 Å². The molecule has 0 spiro atoms. The third-order valence-corrected chi connectivity index (χ3v) is 4.99. The first-order chi connectivity index (χ1) is 13.0. The average molecular weight is 387 g/mol. The fourth-order valence-electron chi connectivity index (χ4n) is 2.68. The fourth-order valence-corrected chi connectivity index (χ4v) is 3.59. The zero-order chi connectivity index (χ0) is 19.6. The topological polar surface area (TPSA) is 49.9 Å². The van der Waals surface area contributed by atoms with Crippen LogP contribution in [-0.2, 0) is 27.4 Å². The Hall–Kier alpha value is -2.44. The highest BCUT2D eigenvalue weighted by atomic mass is 32.1. The molecule has 0 saturated heterocycles. The molecule has 0 radical (unpaired) electrons. The highest BCUT2D eigenvalue weighted by Gasteiger charge is 2.21. The summed E-state index contributed by atoms with van der Waals surface area (Å²) in [4.78, 5) is 30.8. The molecule has 0 aliphatic heterocycles. The molecule has 0 bridgehead atoms. The third kappa shape index (κ3) is 6.66. The molecular weight excluding hydrogens is 360 g/mol. The number of ether oxygens (including phenoxy) is 1. The van der Waals surface area contributed by atoms with Crippen molar-refractivity contribution >= 4 is 23.2 Å². The molecule has 0 aliphatic carbocycles. The summed E-state index contributed by atoms with van der Waals surface area (Å²) in [7, 11) is 1.46. The van der Waals surface area contributed by atoms with Crippen LogP contribution in [0, 0.1) is 6.92 Å². The summed E-state index contributed by atoms with van der Waals surface area (Å²) < 4.78 is 4.92. The van der Waals surface area contributed by atoms with Gasteiger partial charge in [0.15, 0.2) is 0 Å². The van der Waals surface area contributed by atoms with E-state index in [-0.39, 0.29) is 25.0 Å². The molecule has 1 heterocycles. The van der Waals surface area contributed by atoms with Gasteiger partial charge in [0.1, 0.15) is 13.2 Å². The van der Waals surface area contributed by atoms with Gasteiger partial charge in [0, 0.05) is 30.0 Å². The Balaban J connectivity index is 2.15. The summed E-state index contributed by atoms with van der Waals surface area (Å²) in [6.07, 6.45) is 1.62. The fraction of sp³-hybridized carbons (Fsp3) is 0.333. The van der Waals surface area contributed by atoms with Gasteiger partial charge in [0.05, 0.1) is 6.54 Å². The molecule has 27 heavy (non-hydrogen) atoms. The van der Waals surface area contributed by atoms with Crippen LogP contribution in [-0.4, -0.2) is 48.4 Å². The lowest BCUT2D eigenvalue weighted by Gasteiger charge is -2.27. The molecule has 1 aromatic heterocycles. The molecule has 6 heteroatoms. The summed E-state index contributed by atoms with van der Waals surface area (Å²) in [5.41, 5.74) is 1.05. The maximum absolute atomic E-state index is 13.0. The van der Waals surface area contributed by atoms with Crippen LogP contribution in [0.2, 0.25) is 0 Å². The van der Waals surface area contributed by atoms with Gasteiger partial charge in [0.25, 0.3) is 0 Å². The first-order valence-electron chi connectivity index (χ1n) is 8.78. The molecule has 1 aromatic carbocycles. The van der Waals surface area contributed by atoms with Crippen LogP contribution in [0.15, 0.2) is 55.1 Å². The van der Waals surface area contributed by atoms with Crippen molar-refractivity contribution in [2.45, 2.75) is 20.0 Å². The second kappa shape index (κ2) is 10.6. The third-order valence-electron chi connectivity index (χ3n) is 4.01. The predicted octanol–water partition coefficient (Wildman–Crippen LogP) is 3.25. The molecule has 0 N–H and O–H groups in total. The molecule has 2 aromatic rings. The van der Waals surface area contributed by atoms with Crippen molar-refractivity contribution in [3.05, 3.63) is 70.4 Å². The Bertz CT molecular complexity index is 758. The molecule has 2 rings (SSSR count). The van der Waals surface area contributed by atoms with Gasteiger partial charge in [-0.1, -0.05) is 36.4 Å². The maximum atomic E-state index is 13.0. The zero-order valence-corrected chi connectivity index (χ0v) is 16.7. The first kappa shape index (κ1) is 20.9. The summed E-state index contributed by atoms with van der Waals surface area (Å²) in [5.74, 6) is -0.325. The molecule has 0 aliphatic rings. The van der Waals surface area contributed by atoms with E-state index >= 15 is 0 Å². The first-order valence-corrected chi connectivity index (χ1v) is 9.59. The maximum Gasteiger partial charge on any atom is 0.249 e. The van der Waals surface area contributed by atoms with Gasteiger partial charge >= 0.3 is 0 Å². The molecule has 0 atom stereocenters. The number of nitrogens with zero attached hydrogens (tertiary/aromatic N) is 2. The Morgan fingerprint density at radius 3 is 2.41 bits per heavy atom. The Labute approximate surface area is 164 Å². The van der Waals surface area contributed by atoms with E-state index in [1.54, 1.807) is 22.3 Å². The van der Waals surface area contributed by atoms with Gasteiger partial charge in [-0.15, -0.1) is 17.9 Å². The van der Waals surface area contributed by atoms with E-state index in [0.29, 0.717) is 19.6 Å². The minimum Gasteiger partial charge on any atom is -0.375 e. The minimum absolute atomic E-state index is 0.00536. The monoisotopic (exact) mass is 386 g/mol. The van der Waals surface area contributed by atoms with E-state index in [1.165, 1.54) is 16.9 Å². The van der Waals surface area contributed by atoms with Crippen LogP contribution in [0.4, 0.5) is 0 Å². The number of aryl methyl sites for hydroxylation is 1. The molecular formula is C21H26N2O3S. The van der Waals surface area contributed by atoms with Gasteiger partial charge in [-0.2, -0.15) is 0 Å².